The van der Waals surface area contributed by atoms with E-state index in [0.717, 1.165) is 5.69 Å². The van der Waals surface area contributed by atoms with Crippen LogP contribution >= 0.6 is 0 Å². The number of ether oxygens (including phenoxy) is 1. The van der Waals surface area contributed by atoms with Gasteiger partial charge < -0.3 is 14.2 Å². The Morgan fingerprint density at radius 1 is 1.12 bits per heavy atom. The molecule has 0 bridgehead atoms. The van der Waals surface area contributed by atoms with E-state index in [1.807, 2.05) is 44.2 Å². The van der Waals surface area contributed by atoms with Crippen LogP contribution in [0.5, 0.6) is 0 Å². The van der Waals surface area contributed by atoms with E-state index in [4.69, 9.17) is 0 Å². The van der Waals surface area contributed by atoms with Gasteiger partial charge in [0.25, 0.3) is 5.56 Å². The standard InChI is InChI=1S/C18H20N2O4/c1-13(2)20(15-7-5-4-6-8-15)17(22)12-19-11-14(18(23)24-3)9-10-16(19)21/h4-11,13H,12H2,1-3H3. The third-order valence-electron chi connectivity index (χ3n) is 3.53. The van der Waals surface area contributed by atoms with Gasteiger partial charge in [0.1, 0.15) is 6.54 Å². The van der Waals surface area contributed by atoms with Gasteiger partial charge in [-0.05, 0) is 32.0 Å². The summed E-state index contributed by atoms with van der Waals surface area (Å²) in [5, 5.41) is 0. The van der Waals surface area contributed by atoms with Gasteiger partial charge in [0, 0.05) is 24.0 Å². The number of anilines is 1. The molecule has 0 spiro atoms. The third kappa shape index (κ3) is 3.90. The highest BCUT2D eigenvalue weighted by molar-refractivity contribution is 5.94. The van der Waals surface area contributed by atoms with Crippen LogP contribution in [0.1, 0.15) is 24.2 Å². The van der Waals surface area contributed by atoms with Gasteiger partial charge in [-0.2, -0.15) is 0 Å². The predicted molar refractivity (Wildman–Crippen MR) is 91.1 cm³/mol. The molecular formula is C18H20N2O4. The number of para-hydroxylation sites is 1. The number of rotatable bonds is 5. The van der Waals surface area contributed by atoms with E-state index in [-0.39, 0.29) is 29.6 Å². The van der Waals surface area contributed by atoms with Gasteiger partial charge in [-0.25, -0.2) is 4.79 Å². The zero-order chi connectivity index (χ0) is 17.7. The van der Waals surface area contributed by atoms with Crippen molar-refractivity contribution >= 4 is 17.6 Å². The largest absolute Gasteiger partial charge is 0.465 e. The lowest BCUT2D eigenvalue weighted by Crippen LogP contribution is -2.40. The summed E-state index contributed by atoms with van der Waals surface area (Å²) in [6.45, 7) is 3.65. The molecule has 2 aromatic rings. The Bertz CT molecular complexity index is 781. The van der Waals surface area contributed by atoms with Crippen LogP contribution in [0.3, 0.4) is 0 Å². The normalized spacial score (nSPS) is 10.5. The van der Waals surface area contributed by atoms with Crippen LogP contribution in [-0.4, -0.2) is 29.6 Å². The maximum absolute atomic E-state index is 12.7. The van der Waals surface area contributed by atoms with Crippen molar-refractivity contribution in [3.8, 4) is 0 Å². The maximum atomic E-state index is 12.7. The predicted octanol–water partition coefficient (Wildman–Crippen LogP) is 2.08. The minimum atomic E-state index is -0.556. The number of amides is 1. The molecule has 1 amide bonds. The van der Waals surface area contributed by atoms with Gasteiger partial charge in [-0.1, -0.05) is 18.2 Å². The van der Waals surface area contributed by atoms with Crippen molar-refractivity contribution in [1.82, 2.24) is 4.57 Å². The third-order valence-corrected chi connectivity index (χ3v) is 3.53. The van der Waals surface area contributed by atoms with Gasteiger partial charge in [-0.15, -0.1) is 0 Å². The lowest BCUT2D eigenvalue weighted by Gasteiger charge is -2.27. The molecule has 1 aromatic heterocycles. The minimum Gasteiger partial charge on any atom is -0.465 e. The van der Waals surface area contributed by atoms with Crippen molar-refractivity contribution < 1.29 is 14.3 Å². The first-order valence-corrected chi connectivity index (χ1v) is 7.60. The number of benzene rings is 1. The average molecular weight is 328 g/mol. The van der Waals surface area contributed by atoms with Gasteiger partial charge in [0.05, 0.1) is 12.7 Å². The second-order valence-corrected chi connectivity index (χ2v) is 5.57. The number of hydrogen-bond donors (Lipinski definition) is 0. The number of carbonyl (C=O) groups excluding carboxylic acids is 2. The summed E-state index contributed by atoms with van der Waals surface area (Å²) in [6, 6.07) is 11.8. The lowest BCUT2D eigenvalue weighted by atomic mass is 10.2. The van der Waals surface area contributed by atoms with Crippen LogP contribution in [0.2, 0.25) is 0 Å². The van der Waals surface area contributed by atoms with E-state index in [9.17, 15) is 14.4 Å². The lowest BCUT2D eigenvalue weighted by molar-refractivity contribution is -0.119. The Morgan fingerprint density at radius 3 is 2.38 bits per heavy atom. The SMILES string of the molecule is COC(=O)c1ccc(=O)n(CC(=O)N(c2ccccc2)C(C)C)c1. The minimum absolute atomic E-state index is 0.0700. The Labute approximate surface area is 140 Å². The number of hydrogen-bond acceptors (Lipinski definition) is 4. The highest BCUT2D eigenvalue weighted by Crippen LogP contribution is 2.17. The number of pyridine rings is 1. The van der Waals surface area contributed by atoms with Crippen molar-refractivity contribution in [2.45, 2.75) is 26.4 Å². The van der Waals surface area contributed by atoms with Crippen molar-refractivity contribution in [3.63, 3.8) is 0 Å². The summed E-state index contributed by atoms with van der Waals surface area (Å²) in [6.07, 6.45) is 1.34. The smallest absolute Gasteiger partial charge is 0.339 e. The molecule has 0 N–H and O–H groups in total. The molecule has 1 aromatic carbocycles. The topological polar surface area (TPSA) is 68.6 Å². The maximum Gasteiger partial charge on any atom is 0.339 e. The molecule has 0 aliphatic carbocycles. The van der Waals surface area contributed by atoms with Gasteiger partial charge in [-0.3, -0.25) is 9.59 Å². The molecule has 6 heteroatoms. The van der Waals surface area contributed by atoms with Crippen LogP contribution in [0.4, 0.5) is 5.69 Å². The first-order chi connectivity index (χ1) is 11.4. The fourth-order valence-electron chi connectivity index (χ4n) is 2.43. The molecule has 0 aliphatic rings. The Morgan fingerprint density at radius 2 is 1.79 bits per heavy atom. The number of carbonyl (C=O) groups is 2. The zero-order valence-electron chi connectivity index (χ0n) is 13.9. The fourth-order valence-corrected chi connectivity index (χ4v) is 2.43. The van der Waals surface area contributed by atoms with Crippen molar-refractivity contribution in [2.75, 3.05) is 12.0 Å². The number of aromatic nitrogens is 1. The summed E-state index contributed by atoms with van der Waals surface area (Å²) in [5.41, 5.74) is 0.628. The molecule has 0 fully saturated rings. The molecule has 126 valence electrons. The van der Waals surface area contributed by atoms with E-state index >= 15 is 0 Å². The molecule has 0 saturated heterocycles. The highest BCUT2D eigenvalue weighted by atomic mass is 16.5. The van der Waals surface area contributed by atoms with Crippen LogP contribution in [0.15, 0.2) is 53.5 Å². The van der Waals surface area contributed by atoms with Crippen LogP contribution in [0, 0.1) is 0 Å². The molecule has 24 heavy (non-hydrogen) atoms. The molecule has 0 unspecified atom stereocenters. The fraction of sp³-hybridized carbons (Fsp3) is 0.278. The summed E-state index contributed by atoms with van der Waals surface area (Å²) in [4.78, 5) is 37.9. The van der Waals surface area contributed by atoms with Crippen molar-refractivity contribution in [1.29, 1.82) is 0 Å². The van der Waals surface area contributed by atoms with Crippen molar-refractivity contribution in [2.24, 2.45) is 0 Å². The van der Waals surface area contributed by atoms with E-state index in [2.05, 4.69) is 4.74 Å². The molecule has 0 aliphatic heterocycles. The number of nitrogens with zero attached hydrogens (tertiary/aromatic N) is 2. The summed E-state index contributed by atoms with van der Waals surface area (Å²) < 4.78 is 5.86. The zero-order valence-corrected chi connectivity index (χ0v) is 13.9. The average Bonchev–Trinajstić information content (AvgIpc) is 2.57. The molecule has 0 atom stereocenters. The summed E-state index contributed by atoms with van der Waals surface area (Å²) in [5.74, 6) is -0.791. The molecule has 0 radical (unpaired) electrons. The Balaban J connectivity index is 2.30. The molecule has 0 saturated carbocycles. The first kappa shape index (κ1) is 17.5. The van der Waals surface area contributed by atoms with Gasteiger partial charge >= 0.3 is 5.97 Å². The number of esters is 1. The van der Waals surface area contributed by atoms with E-state index in [1.165, 1.54) is 30.0 Å². The Kier molecular flexibility index (Phi) is 5.52. The Hall–Kier alpha value is -2.89. The second kappa shape index (κ2) is 7.59. The van der Waals surface area contributed by atoms with Crippen LogP contribution in [-0.2, 0) is 16.1 Å². The molecule has 1 heterocycles. The quantitative estimate of drug-likeness (QED) is 0.788. The molecule has 6 nitrogen and oxygen atoms in total. The van der Waals surface area contributed by atoms with Crippen LogP contribution < -0.4 is 10.5 Å². The van der Waals surface area contributed by atoms with Gasteiger partial charge in [0.15, 0.2) is 0 Å². The summed E-state index contributed by atoms with van der Waals surface area (Å²) >= 11 is 0. The molecule has 2 rings (SSSR count). The monoisotopic (exact) mass is 328 g/mol. The molecular weight excluding hydrogens is 308 g/mol. The summed E-state index contributed by atoms with van der Waals surface area (Å²) in [7, 11) is 1.26. The van der Waals surface area contributed by atoms with Gasteiger partial charge in [0.2, 0.25) is 5.91 Å². The second-order valence-electron chi connectivity index (χ2n) is 5.57. The highest BCUT2D eigenvalue weighted by Gasteiger charge is 2.20. The van der Waals surface area contributed by atoms with Crippen LogP contribution in [0.25, 0.3) is 0 Å². The number of methoxy groups -OCH3 is 1. The van der Waals surface area contributed by atoms with E-state index in [1.54, 1.807) is 4.90 Å². The van der Waals surface area contributed by atoms with E-state index in [0.29, 0.717) is 0 Å². The van der Waals surface area contributed by atoms with Crippen molar-refractivity contribution in [3.05, 3.63) is 64.6 Å². The first-order valence-electron chi connectivity index (χ1n) is 7.60. The van der Waals surface area contributed by atoms with E-state index < -0.39 is 5.97 Å².